The number of nitrogens with one attached hydrogen (secondary N) is 1. The van der Waals surface area contributed by atoms with Gasteiger partial charge in [0.05, 0.1) is 7.11 Å². The van der Waals surface area contributed by atoms with E-state index in [0.717, 1.165) is 0 Å². The van der Waals surface area contributed by atoms with Crippen LogP contribution in [0.5, 0.6) is 0 Å². The van der Waals surface area contributed by atoms with Crippen molar-refractivity contribution >= 4 is 27.6 Å². The minimum absolute atomic E-state index is 0.335. The second-order valence-electron chi connectivity index (χ2n) is 3.01. The Hall–Kier alpha value is -1.10. The van der Waals surface area contributed by atoms with Gasteiger partial charge in [0.1, 0.15) is 11.9 Å². The predicted octanol–water partition coefficient (Wildman–Crippen LogP) is 2.56. The summed E-state index contributed by atoms with van der Waals surface area (Å²) in [6.45, 7) is 1.67. The molecule has 3 nitrogen and oxygen atoms in total. The largest absolute Gasteiger partial charge is 0.467 e. The van der Waals surface area contributed by atoms with E-state index < -0.39 is 6.04 Å². The fraction of sp³-hybridized carbons (Fsp3) is 0.300. The van der Waals surface area contributed by atoms with E-state index in [1.54, 1.807) is 13.0 Å². The Morgan fingerprint density at radius 3 is 2.80 bits per heavy atom. The summed E-state index contributed by atoms with van der Waals surface area (Å²) >= 11 is 3.19. The van der Waals surface area contributed by atoms with Crippen LogP contribution in [0.4, 0.5) is 10.1 Å². The van der Waals surface area contributed by atoms with Crippen molar-refractivity contribution in [2.75, 3.05) is 12.4 Å². The summed E-state index contributed by atoms with van der Waals surface area (Å²) in [6, 6.07) is 3.72. The number of anilines is 1. The van der Waals surface area contributed by atoms with Gasteiger partial charge in [0.25, 0.3) is 0 Å². The summed E-state index contributed by atoms with van der Waals surface area (Å²) in [5, 5.41) is 2.90. The first-order chi connectivity index (χ1) is 7.04. The van der Waals surface area contributed by atoms with E-state index in [9.17, 15) is 9.18 Å². The van der Waals surface area contributed by atoms with Gasteiger partial charge in [-0.15, -0.1) is 0 Å². The highest BCUT2D eigenvalue weighted by atomic mass is 79.9. The minimum atomic E-state index is -0.475. The van der Waals surface area contributed by atoms with Gasteiger partial charge in [-0.2, -0.15) is 0 Å². The number of hydrogen-bond donors (Lipinski definition) is 1. The Balaban J connectivity index is 2.76. The quantitative estimate of drug-likeness (QED) is 0.862. The van der Waals surface area contributed by atoms with Crippen LogP contribution in [0.25, 0.3) is 0 Å². The number of halogens is 2. The van der Waals surface area contributed by atoms with Crippen molar-refractivity contribution in [2.45, 2.75) is 13.0 Å². The highest BCUT2D eigenvalue weighted by Gasteiger charge is 2.13. The molecule has 82 valence electrons. The number of methoxy groups -OCH3 is 1. The molecule has 0 heterocycles. The molecule has 0 radical (unpaired) electrons. The molecule has 15 heavy (non-hydrogen) atoms. The number of esters is 1. The van der Waals surface area contributed by atoms with E-state index in [2.05, 4.69) is 26.0 Å². The minimum Gasteiger partial charge on any atom is -0.467 e. The number of rotatable bonds is 3. The summed E-state index contributed by atoms with van der Waals surface area (Å²) in [5.41, 5.74) is 0.648. The smallest absolute Gasteiger partial charge is 0.327 e. The van der Waals surface area contributed by atoms with Gasteiger partial charge in [-0.1, -0.05) is 0 Å². The molecule has 0 saturated carbocycles. The van der Waals surface area contributed by atoms with Gasteiger partial charge >= 0.3 is 5.97 Å². The van der Waals surface area contributed by atoms with Crippen LogP contribution < -0.4 is 5.32 Å². The van der Waals surface area contributed by atoms with Crippen LogP contribution >= 0.6 is 15.9 Å². The maximum atomic E-state index is 12.8. The average Bonchev–Trinajstić information content (AvgIpc) is 2.20. The van der Waals surface area contributed by atoms with Crippen molar-refractivity contribution in [3.05, 3.63) is 28.5 Å². The first kappa shape index (κ1) is 12.0. The topological polar surface area (TPSA) is 38.3 Å². The van der Waals surface area contributed by atoms with Crippen molar-refractivity contribution in [2.24, 2.45) is 0 Å². The molecule has 0 aromatic heterocycles. The molecule has 0 saturated heterocycles. The number of hydrogen-bond acceptors (Lipinski definition) is 3. The molecule has 0 amide bonds. The van der Waals surface area contributed by atoms with Crippen LogP contribution in [0.2, 0.25) is 0 Å². The zero-order valence-corrected chi connectivity index (χ0v) is 9.97. The Labute approximate surface area is 95.7 Å². The van der Waals surface area contributed by atoms with E-state index in [1.165, 1.54) is 19.2 Å². The maximum absolute atomic E-state index is 12.8. The lowest BCUT2D eigenvalue weighted by Gasteiger charge is -2.14. The van der Waals surface area contributed by atoms with Crippen LogP contribution in [-0.4, -0.2) is 19.1 Å². The standard InChI is InChI=1S/C10H11BrFNO2/c1-6(10(14)15-2)13-9-4-3-7(12)5-8(9)11/h3-6,13H,1-2H3. The van der Waals surface area contributed by atoms with Gasteiger partial charge in [0.2, 0.25) is 0 Å². The molecule has 0 aliphatic rings. The lowest BCUT2D eigenvalue weighted by molar-refractivity contribution is -0.141. The van der Waals surface area contributed by atoms with Crippen molar-refractivity contribution in [1.29, 1.82) is 0 Å². The molecule has 1 unspecified atom stereocenters. The first-order valence-corrected chi connectivity index (χ1v) is 5.13. The molecule has 1 aromatic carbocycles. The van der Waals surface area contributed by atoms with E-state index in [-0.39, 0.29) is 11.8 Å². The van der Waals surface area contributed by atoms with Gasteiger partial charge in [-0.05, 0) is 41.1 Å². The molecule has 1 rings (SSSR count). The second kappa shape index (κ2) is 5.11. The molecular weight excluding hydrogens is 265 g/mol. The van der Waals surface area contributed by atoms with Crippen LogP contribution in [0.1, 0.15) is 6.92 Å². The third-order valence-corrected chi connectivity index (χ3v) is 2.51. The number of benzene rings is 1. The highest BCUT2D eigenvalue weighted by Crippen LogP contribution is 2.23. The molecular formula is C10H11BrFNO2. The number of ether oxygens (including phenoxy) is 1. The molecule has 1 atom stereocenters. The van der Waals surface area contributed by atoms with Gasteiger partial charge < -0.3 is 10.1 Å². The zero-order chi connectivity index (χ0) is 11.4. The summed E-state index contributed by atoms with van der Waals surface area (Å²) in [7, 11) is 1.32. The molecule has 5 heteroatoms. The van der Waals surface area contributed by atoms with Gasteiger partial charge in [0, 0.05) is 10.2 Å². The van der Waals surface area contributed by atoms with Crippen molar-refractivity contribution in [1.82, 2.24) is 0 Å². The number of carbonyl (C=O) groups excluding carboxylic acids is 1. The Morgan fingerprint density at radius 2 is 2.27 bits per heavy atom. The molecule has 0 aliphatic heterocycles. The average molecular weight is 276 g/mol. The van der Waals surface area contributed by atoms with Gasteiger partial charge in [0.15, 0.2) is 0 Å². The summed E-state index contributed by atoms with van der Waals surface area (Å²) in [5.74, 6) is -0.704. The van der Waals surface area contributed by atoms with Crippen LogP contribution in [0, 0.1) is 5.82 Å². The van der Waals surface area contributed by atoms with Crippen LogP contribution in [0.15, 0.2) is 22.7 Å². The molecule has 0 aliphatic carbocycles. The van der Waals surface area contributed by atoms with Crippen molar-refractivity contribution in [3.63, 3.8) is 0 Å². The lowest BCUT2D eigenvalue weighted by atomic mass is 10.2. The molecule has 1 aromatic rings. The first-order valence-electron chi connectivity index (χ1n) is 4.34. The fourth-order valence-electron chi connectivity index (χ4n) is 1.08. The Kier molecular flexibility index (Phi) is 4.08. The van der Waals surface area contributed by atoms with Gasteiger partial charge in [-0.25, -0.2) is 9.18 Å². The summed E-state index contributed by atoms with van der Waals surface area (Å²) in [6.07, 6.45) is 0. The van der Waals surface area contributed by atoms with E-state index >= 15 is 0 Å². The molecule has 0 spiro atoms. The van der Waals surface area contributed by atoms with Gasteiger partial charge in [-0.3, -0.25) is 0 Å². The normalized spacial score (nSPS) is 12.0. The third-order valence-electron chi connectivity index (χ3n) is 1.86. The maximum Gasteiger partial charge on any atom is 0.327 e. The summed E-state index contributed by atoms with van der Waals surface area (Å²) in [4.78, 5) is 11.1. The molecule has 1 N–H and O–H groups in total. The third kappa shape index (κ3) is 3.20. The van der Waals surface area contributed by atoms with Crippen molar-refractivity contribution in [3.8, 4) is 0 Å². The SMILES string of the molecule is COC(=O)C(C)Nc1ccc(F)cc1Br. The molecule has 0 bridgehead atoms. The number of carbonyl (C=O) groups is 1. The summed E-state index contributed by atoms with van der Waals surface area (Å²) < 4.78 is 17.9. The van der Waals surface area contributed by atoms with Crippen LogP contribution in [-0.2, 0) is 9.53 Å². The van der Waals surface area contributed by atoms with Crippen LogP contribution in [0.3, 0.4) is 0 Å². The zero-order valence-electron chi connectivity index (χ0n) is 8.38. The molecule has 0 fully saturated rings. The van der Waals surface area contributed by atoms with E-state index in [4.69, 9.17) is 0 Å². The van der Waals surface area contributed by atoms with E-state index in [0.29, 0.717) is 10.2 Å². The monoisotopic (exact) mass is 275 g/mol. The predicted molar refractivity (Wildman–Crippen MR) is 59.2 cm³/mol. The van der Waals surface area contributed by atoms with E-state index in [1.807, 2.05) is 0 Å². The Bertz CT molecular complexity index is 370. The fourth-order valence-corrected chi connectivity index (χ4v) is 1.54. The lowest BCUT2D eigenvalue weighted by Crippen LogP contribution is -2.27. The van der Waals surface area contributed by atoms with Crippen molar-refractivity contribution < 1.29 is 13.9 Å². The highest BCUT2D eigenvalue weighted by molar-refractivity contribution is 9.10. The Morgan fingerprint density at radius 1 is 1.60 bits per heavy atom. The second-order valence-corrected chi connectivity index (χ2v) is 3.87.